The summed E-state index contributed by atoms with van der Waals surface area (Å²) >= 11 is 0. The molecule has 1 spiro atoms. The van der Waals surface area contributed by atoms with Gasteiger partial charge in [-0.3, -0.25) is 10.2 Å². The molecule has 70 valence electrons. The number of hydrogen-bond donors (Lipinski definition) is 2. The minimum atomic E-state index is -0.0318. The first-order chi connectivity index (χ1) is 5.81. The van der Waals surface area contributed by atoms with E-state index in [1.54, 1.807) is 0 Å². The first kappa shape index (κ1) is 8.48. The normalized spacial score (nSPS) is 35.2. The molecule has 0 aromatic rings. The molecule has 2 fully saturated rings. The summed E-state index contributed by atoms with van der Waals surface area (Å²) in [5.74, 6) is 0. The molecule has 3 nitrogen and oxygen atoms in total. The van der Waals surface area contributed by atoms with Gasteiger partial charge in [-0.05, 0) is 32.6 Å². The molecule has 1 saturated heterocycles. The summed E-state index contributed by atoms with van der Waals surface area (Å²) < 4.78 is 0. The summed E-state index contributed by atoms with van der Waals surface area (Å²) in [5, 5.41) is 3.55. The van der Waals surface area contributed by atoms with Crippen molar-refractivity contribution in [2.45, 2.75) is 50.8 Å². The molecular formula is C9H18N2O. The molecular weight excluding hydrogens is 152 g/mol. The number of nitrogens with one attached hydrogen (secondary N) is 2. The summed E-state index contributed by atoms with van der Waals surface area (Å²) in [5.41, 5.74) is 3.00. The lowest BCUT2D eigenvalue weighted by Gasteiger charge is -2.43. The third-order valence-electron chi connectivity index (χ3n) is 2.83. The van der Waals surface area contributed by atoms with Crippen LogP contribution in [0.25, 0.3) is 0 Å². The summed E-state index contributed by atoms with van der Waals surface area (Å²) in [4.78, 5) is 5.62. The van der Waals surface area contributed by atoms with Crippen LogP contribution < -0.4 is 10.8 Å². The van der Waals surface area contributed by atoms with Crippen molar-refractivity contribution in [2.75, 3.05) is 6.54 Å². The molecule has 2 aliphatic rings. The SMILES string of the molecule is C[C@H]1CNOC2(CCCCC2)N1. The first-order valence-corrected chi connectivity index (χ1v) is 4.99. The lowest BCUT2D eigenvalue weighted by Crippen LogP contribution is -2.62. The Morgan fingerprint density at radius 1 is 1.25 bits per heavy atom. The van der Waals surface area contributed by atoms with Crippen molar-refractivity contribution in [3.8, 4) is 0 Å². The van der Waals surface area contributed by atoms with Crippen LogP contribution in [-0.4, -0.2) is 18.3 Å². The van der Waals surface area contributed by atoms with Gasteiger partial charge in [0.05, 0.1) is 0 Å². The topological polar surface area (TPSA) is 33.3 Å². The number of hydroxylamine groups is 1. The molecule has 0 bridgehead atoms. The molecule has 12 heavy (non-hydrogen) atoms. The molecule has 0 aromatic heterocycles. The van der Waals surface area contributed by atoms with Crippen LogP contribution in [0.15, 0.2) is 0 Å². The Hall–Kier alpha value is -0.120. The fourth-order valence-corrected chi connectivity index (χ4v) is 2.20. The minimum absolute atomic E-state index is 0.0318. The fraction of sp³-hybridized carbons (Fsp3) is 1.00. The van der Waals surface area contributed by atoms with E-state index in [1.165, 1.54) is 19.3 Å². The molecule has 2 rings (SSSR count). The Morgan fingerprint density at radius 2 is 2.00 bits per heavy atom. The maximum Gasteiger partial charge on any atom is 0.140 e. The molecule has 0 unspecified atom stereocenters. The summed E-state index contributed by atoms with van der Waals surface area (Å²) in [6.45, 7) is 3.12. The highest BCUT2D eigenvalue weighted by Gasteiger charge is 2.36. The van der Waals surface area contributed by atoms with Crippen molar-refractivity contribution in [3.05, 3.63) is 0 Å². The van der Waals surface area contributed by atoms with E-state index >= 15 is 0 Å². The molecule has 3 heteroatoms. The summed E-state index contributed by atoms with van der Waals surface area (Å²) in [6.07, 6.45) is 6.26. The van der Waals surface area contributed by atoms with E-state index in [2.05, 4.69) is 17.7 Å². The highest BCUT2D eigenvalue weighted by atomic mass is 16.7. The zero-order valence-corrected chi connectivity index (χ0v) is 7.73. The molecule has 1 heterocycles. The van der Waals surface area contributed by atoms with Gasteiger partial charge in [-0.15, -0.1) is 0 Å². The van der Waals surface area contributed by atoms with Crippen LogP contribution in [-0.2, 0) is 4.84 Å². The molecule has 0 amide bonds. The predicted molar refractivity (Wildman–Crippen MR) is 47.5 cm³/mol. The maximum atomic E-state index is 5.62. The van der Waals surface area contributed by atoms with Gasteiger partial charge in [0.25, 0.3) is 0 Å². The van der Waals surface area contributed by atoms with Gasteiger partial charge in [0.2, 0.25) is 0 Å². The van der Waals surface area contributed by atoms with E-state index in [4.69, 9.17) is 4.84 Å². The van der Waals surface area contributed by atoms with Crippen LogP contribution >= 0.6 is 0 Å². The first-order valence-electron chi connectivity index (χ1n) is 4.99. The Morgan fingerprint density at radius 3 is 2.67 bits per heavy atom. The van der Waals surface area contributed by atoms with Crippen LogP contribution in [0.1, 0.15) is 39.0 Å². The smallest absolute Gasteiger partial charge is 0.140 e. The van der Waals surface area contributed by atoms with Crippen molar-refractivity contribution in [1.29, 1.82) is 0 Å². The molecule has 1 aliphatic carbocycles. The quantitative estimate of drug-likeness (QED) is 0.572. The maximum absolute atomic E-state index is 5.62. The van der Waals surface area contributed by atoms with Gasteiger partial charge in [0.15, 0.2) is 0 Å². The van der Waals surface area contributed by atoms with E-state index in [1.807, 2.05) is 0 Å². The average molecular weight is 170 g/mol. The second kappa shape index (κ2) is 3.32. The second-order valence-corrected chi connectivity index (χ2v) is 4.05. The van der Waals surface area contributed by atoms with E-state index in [-0.39, 0.29) is 5.72 Å². The Kier molecular flexibility index (Phi) is 2.35. The van der Waals surface area contributed by atoms with Gasteiger partial charge in [0, 0.05) is 12.6 Å². The van der Waals surface area contributed by atoms with Crippen molar-refractivity contribution in [3.63, 3.8) is 0 Å². The molecule has 2 N–H and O–H groups in total. The number of rotatable bonds is 0. The highest BCUT2D eigenvalue weighted by Crippen LogP contribution is 2.30. The van der Waals surface area contributed by atoms with Gasteiger partial charge in [0.1, 0.15) is 5.72 Å². The van der Waals surface area contributed by atoms with E-state index in [0.29, 0.717) is 6.04 Å². The summed E-state index contributed by atoms with van der Waals surface area (Å²) in [7, 11) is 0. The van der Waals surface area contributed by atoms with Crippen molar-refractivity contribution < 1.29 is 4.84 Å². The van der Waals surface area contributed by atoms with E-state index in [0.717, 1.165) is 19.4 Å². The van der Waals surface area contributed by atoms with Crippen LogP contribution in [0.2, 0.25) is 0 Å². The van der Waals surface area contributed by atoms with Gasteiger partial charge < -0.3 is 0 Å². The highest BCUT2D eigenvalue weighted by molar-refractivity contribution is 4.86. The van der Waals surface area contributed by atoms with Crippen LogP contribution in [0.5, 0.6) is 0 Å². The largest absolute Gasteiger partial charge is 0.284 e. The fourth-order valence-electron chi connectivity index (χ4n) is 2.20. The van der Waals surface area contributed by atoms with Crippen LogP contribution in [0.4, 0.5) is 0 Å². The average Bonchev–Trinajstić information content (AvgIpc) is 2.05. The predicted octanol–water partition coefficient (Wildman–Crippen LogP) is 1.16. The third kappa shape index (κ3) is 1.63. The van der Waals surface area contributed by atoms with Gasteiger partial charge >= 0.3 is 0 Å². The van der Waals surface area contributed by atoms with E-state index < -0.39 is 0 Å². The van der Waals surface area contributed by atoms with Crippen molar-refractivity contribution >= 4 is 0 Å². The molecule has 1 atom stereocenters. The number of hydrogen-bond acceptors (Lipinski definition) is 3. The van der Waals surface area contributed by atoms with Crippen LogP contribution in [0, 0.1) is 0 Å². The monoisotopic (exact) mass is 170 g/mol. The third-order valence-corrected chi connectivity index (χ3v) is 2.83. The van der Waals surface area contributed by atoms with Crippen molar-refractivity contribution in [1.82, 2.24) is 10.8 Å². The van der Waals surface area contributed by atoms with Crippen LogP contribution in [0.3, 0.4) is 0 Å². The lowest BCUT2D eigenvalue weighted by molar-refractivity contribution is -0.176. The zero-order valence-electron chi connectivity index (χ0n) is 7.73. The van der Waals surface area contributed by atoms with Crippen molar-refractivity contribution in [2.24, 2.45) is 0 Å². The Balaban J connectivity index is 1.97. The minimum Gasteiger partial charge on any atom is -0.284 e. The molecule has 0 radical (unpaired) electrons. The molecule has 1 aliphatic heterocycles. The standard InChI is InChI=1S/C9H18N2O/c1-8-7-10-12-9(11-8)5-3-2-4-6-9/h8,10-11H,2-7H2,1H3/t8-/m0/s1. The Bertz CT molecular complexity index is 149. The second-order valence-electron chi connectivity index (χ2n) is 4.05. The van der Waals surface area contributed by atoms with Gasteiger partial charge in [-0.25, -0.2) is 0 Å². The lowest BCUT2D eigenvalue weighted by atomic mass is 9.91. The molecule has 1 saturated carbocycles. The van der Waals surface area contributed by atoms with Gasteiger partial charge in [-0.1, -0.05) is 6.42 Å². The zero-order chi connectivity index (χ0) is 8.44. The Labute approximate surface area is 73.8 Å². The molecule has 0 aromatic carbocycles. The van der Waals surface area contributed by atoms with Gasteiger partial charge in [-0.2, -0.15) is 5.48 Å². The summed E-state index contributed by atoms with van der Waals surface area (Å²) in [6, 6.07) is 0.539. The van der Waals surface area contributed by atoms with E-state index in [9.17, 15) is 0 Å².